The van der Waals surface area contributed by atoms with Gasteiger partial charge in [0.15, 0.2) is 0 Å². The molecule has 1 amide bonds. The minimum Gasteiger partial charge on any atom is -0.356 e. The molecule has 0 unspecified atom stereocenters. The Morgan fingerprint density at radius 2 is 1.95 bits per heavy atom. The molecule has 0 aliphatic carbocycles. The highest BCUT2D eigenvalue weighted by atomic mass is 16.1. The first kappa shape index (κ1) is 16.3. The lowest BCUT2D eigenvalue weighted by molar-refractivity contribution is -0.121. The molecule has 1 aromatic carbocycles. The molecule has 22 heavy (non-hydrogen) atoms. The summed E-state index contributed by atoms with van der Waals surface area (Å²) in [6.07, 6.45) is 3.47. The van der Waals surface area contributed by atoms with Crippen LogP contribution in [0.25, 0.3) is 5.69 Å². The number of nitrogens with zero attached hydrogens (tertiary/aromatic N) is 2. The van der Waals surface area contributed by atoms with Gasteiger partial charge in [-0.3, -0.25) is 4.79 Å². The van der Waals surface area contributed by atoms with E-state index in [1.807, 2.05) is 11.6 Å². The Bertz CT molecular complexity index is 614. The number of aromatic nitrogens is 2. The molecule has 0 atom stereocenters. The number of rotatable bonds is 7. The van der Waals surface area contributed by atoms with E-state index < -0.39 is 0 Å². The molecule has 0 fully saturated rings. The summed E-state index contributed by atoms with van der Waals surface area (Å²) in [5, 5.41) is 7.43. The van der Waals surface area contributed by atoms with Crippen LogP contribution in [0.15, 0.2) is 30.3 Å². The average molecular weight is 299 g/mol. The van der Waals surface area contributed by atoms with E-state index in [2.05, 4.69) is 54.6 Å². The monoisotopic (exact) mass is 299 g/mol. The Morgan fingerprint density at radius 1 is 1.23 bits per heavy atom. The third kappa shape index (κ3) is 4.45. The second kappa shape index (κ2) is 7.78. The third-order valence-corrected chi connectivity index (χ3v) is 3.68. The number of hydrogen-bond acceptors (Lipinski definition) is 2. The summed E-state index contributed by atoms with van der Waals surface area (Å²) in [6.45, 7) is 6.95. The molecule has 118 valence electrons. The van der Waals surface area contributed by atoms with Crippen LogP contribution >= 0.6 is 0 Å². The molecule has 1 aromatic heterocycles. The van der Waals surface area contributed by atoms with E-state index in [4.69, 9.17) is 0 Å². The highest BCUT2D eigenvalue weighted by Gasteiger charge is 2.05. The topological polar surface area (TPSA) is 46.9 Å². The second-order valence-corrected chi connectivity index (χ2v) is 5.71. The van der Waals surface area contributed by atoms with Gasteiger partial charge >= 0.3 is 0 Å². The van der Waals surface area contributed by atoms with E-state index in [0.29, 0.717) is 6.42 Å². The maximum atomic E-state index is 11.7. The van der Waals surface area contributed by atoms with Crippen LogP contribution in [0.2, 0.25) is 0 Å². The van der Waals surface area contributed by atoms with Gasteiger partial charge in [0.25, 0.3) is 0 Å². The zero-order valence-corrected chi connectivity index (χ0v) is 13.7. The Balaban J connectivity index is 1.89. The summed E-state index contributed by atoms with van der Waals surface area (Å²) in [5.41, 5.74) is 4.38. The van der Waals surface area contributed by atoms with E-state index in [0.717, 1.165) is 42.9 Å². The first-order chi connectivity index (χ1) is 10.6. The lowest BCUT2D eigenvalue weighted by Gasteiger charge is -2.07. The predicted molar refractivity (Wildman–Crippen MR) is 89.3 cm³/mol. The fourth-order valence-corrected chi connectivity index (χ4v) is 2.44. The molecule has 0 radical (unpaired) electrons. The molecule has 0 saturated heterocycles. The van der Waals surface area contributed by atoms with Crippen LogP contribution in [0.4, 0.5) is 0 Å². The molecular formula is C18H25N3O. The first-order valence-electron chi connectivity index (χ1n) is 7.99. The molecule has 0 aliphatic heterocycles. The molecule has 4 nitrogen and oxygen atoms in total. The van der Waals surface area contributed by atoms with Crippen molar-refractivity contribution in [1.82, 2.24) is 15.1 Å². The van der Waals surface area contributed by atoms with Crippen molar-refractivity contribution < 1.29 is 4.79 Å². The molecule has 2 aromatic rings. The Hall–Kier alpha value is -2.10. The van der Waals surface area contributed by atoms with Gasteiger partial charge in [0.05, 0.1) is 11.4 Å². The maximum Gasteiger partial charge on any atom is 0.220 e. The van der Waals surface area contributed by atoms with Crippen molar-refractivity contribution >= 4 is 5.91 Å². The smallest absolute Gasteiger partial charge is 0.220 e. The fourth-order valence-electron chi connectivity index (χ4n) is 2.44. The van der Waals surface area contributed by atoms with Crippen LogP contribution in [0.5, 0.6) is 0 Å². The van der Waals surface area contributed by atoms with Gasteiger partial charge in [-0.15, -0.1) is 0 Å². The fraction of sp³-hybridized carbons (Fsp3) is 0.444. The second-order valence-electron chi connectivity index (χ2n) is 5.71. The maximum absolute atomic E-state index is 11.7. The Morgan fingerprint density at radius 3 is 2.55 bits per heavy atom. The van der Waals surface area contributed by atoms with Gasteiger partial charge in [-0.05, 0) is 50.5 Å². The van der Waals surface area contributed by atoms with Crippen LogP contribution in [0.1, 0.15) is 43.1 Å². The molecule has 0 saturated carbocycles. The largest absolute Gasteiger partial charge is 0.356 e. The van der Waals surface area contributed by atoms with E-state index in [-0.39, 0.29) is 5.91 Å². The van der Waals surface area contributed by atoms with Crippen molar-refractivity contribution in [3.8, 4) is 5.69 Å². The molecule has 2 rings (SSSR count). The van der Waals surface area contributed by atoms with Crippen LogP contribution in [-0.4, -0.2) is 22.2 Å². The number of carbonyl (C=O) groups excluding carboxylic acids is 1. The van der Waals surface area contributed by atoms with Gasteiger partial charge in [-0.2, -0.15) is 5.10 Å². The number of amides is 1. The highest BCUT2D eigenvalue weighted by molar-refractivity contribution is 5.76. The number of benzene rings is 1. The molecule has 0 bridgehead atoms. The van der Waals surface area contributed by atoms with Crippen LogP contribution < -0.4 is 5.32 Å². The van der Waals surface area contributed by atoms with Crippen molar-refractivity contribution in [2.24, 2.45) is 0 Å². The zero-order chi connectivity index (χ0) is 15.9. The number of carbonyl (C=O) groups is 1. The minimum absolute atomic E-state index is 0.135. The average Bonchev–Trinajstić information content (AvgIpc) is 2.85. The number of hydrogen-bond donors (Lipinski definition) is 1. The van der Waals surface area contributed by atoms with Gasteiger partial charge < -0.3 is 5.32 Å². The minimum atomic E-state index is 0.135. The molecule has 1 N–H and O–H groups in total. The summed E-state index contributed by atoms with van der Waals surface area (Å²) < 4.78 is 1.94. The van der Waals surface area contributed by atoms with E-state index >= 15 is 0 Å². The number of aryl methyl sites for hydroxylation is 3. The summed E-state index contributed by atoms with van der Waals surface area (Å²) in [4.78, 5) is 11.7. The van der Waals surface area contributed by atoms with E-state index in [9.17, 15) is 4.79 Å². The molecule has 0 spiro atoms. The Labute approximate surface area is 132 Å². The lowest BCUT2D eigenvalue weighted by Crippen LogP contribution is -2.24. The standard InChI is InChI=1S/C18H25N3O/c1-4-5-12-19-18(22)11-8-16-6-9-17(10-7-16)21-15(3)13-14(2)20-21/h6-7,9-10,13H,4-5,8,11-12H2,1-3H3,(H,19,22). The quantitative estimate of drug-likeness (QED) is 0.797. The number of nitrogens with one attached hydrogen (secondary N) is 1. The van der Waals surface area contributed by atoms with Gasteiger partial charge in [0, 0.05) is 18.7 Å². The van der Waals surface area contributed by atoms with Crippen molar-refractivity contribution in [1.29, 1.82) is 0 Å². The summed E-state index contributed by atoms with van der Waals surface area (Å²) in [7, 11) is 0. The van der Waals surface area contributed by atoms with Crippen LogP contribution in [-0.2, 0) is 11.2 Å². The predicted octanol–water partition coefficient (Wildman–Crippen LogP) is 3.34. The third-order valence-electron chi connectivity index (χ3n) is 3.68. The molecule has 1 heterocycles. The Kier molecular flexibility index (Phi) is 5.75. The van der Waals surface area contributed by atoms with Crippen molar-refractivity contribution in [2.45, 2.75) is 46.5 Å². The first-order valence-corrected chi connectivity index (χ1v) is 7.99. The summed E-state index contributed by atoms with van der Waals surface area (Å²) in [5.74, 6) is 0.135. The summed E-state index contributed by atoms with van der Waals surface area (Å²) >= 11 is 0. The van der Waals surface area contributed by atoms with Gasteiger partial charge in [0.1, 0.15) is 0 Å². The van der Waals surface area contributed by atoms with Crippen molar-refractivity contribution in [2.75, 3.05) is 6.54 Å². The SMILES string of the molecule is CCCCNC(=O)CCc1ccc(-n2nc(C)cc2C)cc1. The van der Waals surface area contributed by atoms with Gasteiger partial charge in [-0.25, -0.2) is 4.68 Å². The summed E-state index contributed by atoms with van der Waals surface area (Å²) in [6, 6.07) is 10.3. The molecule has 4 heteroatoms. The van der Waals surface area contributed by atoms with Crippen molar-refractivity contribution in [3.05, 3.63) is 47.3 Å². The molecular weight excluding hydrogens is 274 g/mol. The normalized spacial score (nSPS) is 10.7. The number of unbranched alkanes of at least 4 members (excludes halogenated alkanes) is 1. The van der Waals surface area contributed by atoms with Crippen LogP contribution in [0, 0.1) is 13.8 Å². The van der Waals surface area contributed by atoms with E-state index in [1.54, 1.807) is 0 Å². The van der Waals surface area contributed by atoms with Crippen molar-refractivity contribution in [3.63, 3.8) is 0 Å². The lowest BCUT2D eigenvalue weighted by atomic mass is 10.1. The molecule has 0 aliphatic rings. The van der Waals surface area contributed by atoms with Gasteiger partial charge in [-0.1, -0.05) is 25.5 Å². The highest BCUT2D eigenvalue weighted by Crippen LogP contribution is 2.14. The van der Waals surface area contributed by atoms with Gasteiger partial charge in [0.2, 0.25) is 5.91 Å². The van der Waals surface area contributed by atoms with E-state index in [1.165, 1.54) is 5.56 Å². The zero-order valence-electron chi connectivity index (χ0n) is 13.7. The van der Waals surface area contributed by atoms with Crippen LogP contribution in [0.3, 0.4) is 0 Å².